The molecule has 106 valence electrons. The van der Waals surface area contributed by atoms with Crippen molar-refractivity contribution in [2.45, 2.75) is 39.3 Å². The molecule has 20 heavy (non-hydrogen) atoms. The van der Waals surface area contributed by atoms with Crippen molar-refractivity contribution in [1.29, 1.82) is 0 Å². The number of thiophene rings is 1. The van der Waals surface area contributed by atoms with Crippen LogP contribution in [-0.2, 0) is 6.54 Å². The Hall–Kier alpha value is -1.32. The Bertz CT molecular complexity index is 590. The number of hydrogen-bond donors (Lipinski definition) is 1. The van der Waals surface area contributed by atoms with Gasteiger partial charge in [0.15, 0.2) is 0 Å². The molecule has 1 aromatic heterocycles. The van der Waals surface area contributed by atoms with Crippen LogP contribution in [-0.4, -0.2) is 6.61 Å². The van der Waals surface area contributed by atoms with Gasteiger partial charge < -0.3 is 10.1 Å². The summed E-state index contributed by atoms with van der Waals surface area (Å²) in [5.41, 5.74) is 3.94. The Morgan fingerprint density at radius 1 is 1.25 bits per heavy atom. The van der Waals surface area contributed by atoms with E-state index in [1.54, 1.807) is 0 Å². The molecule has 1 unspecified atom stereocenters. The zero-order valence-corrected chi connectivity index (χ0v) is 12.9. The van der Waals surface area contributed by atoms with Crippen molar-refractivity contribution in [3.63, 3.8) is 0 Å². The normalized spacial score (nSPS) is 18.2. The van der Waals surface area contributed by atoms with Gasteiger partial charge in [0.25, 0.3) is 0 Å². The fraction of sp³-hybridized carbons (Fsp3) is 0.412. The van der Waals surface area contributed by atoms with Crippen molar-refractivity contribution in [2.75, 3.05) is 6.61 Å². The minimum Gasteiger partial charge on any atom is -0.493 e. The first-order chi connectivity index (χ1) is 9.75. The lowest BCUT2D eigenvalue weighted by Gasteiger charge is -2.19. The molecule has 0 saturated carbocycles. The highest BCUT2D eigenvalue weighted by Gasteiger charge is 2.20. The molecular weight excluding hydrogens is 266 g/mol. The van der Waals surface area contributed by atoms with Crippen molar-refractivity contribution < 1.29 is 4.74 Å². The van der Waals surface area contributed by atoms with Crippen LogP contribution in [0, 0.1) is 13.8 Å². The lowest BCUT2D eigenvalue weighted by Crippen LogP contribution is -2.20. The van der Waals surface area contributed by atoms with Crippen LogP contribution in [0.25, 0.3) is 0 Å². The van der Waals surface area contributed by atoms with Crippen molar-refractivity contribution in [3.8, 4) is 5.75 Å². The molecule has 3 rings (SSSR count). The molecule has 2 aromatic rings. The average molecular weight is 287 g/mol. The minimum atomic E-state index is 0.397. The summed E-state index contributed by atoms with van der Waals surface area (Å²) in [4.78, 5) is 1.43. The maximum Gasteiger partial charge on any atom is 0.126 e. The largest absolute Gasteiger partial charge is 0.493 e. The van der Waals surface area contributed by atoms with E-state index in [-0.39, 0.29) is 0 Å². The second-order valence-corrected chi connectivity index (χ2v) is 6.44. The highest BCUT2D eigenvalue weighted by molar-refractivity contribution is 7.10. The smallest absolute Gasteiger partial charge is 0.126 e. The molecule has 0 amide bonds. The van der Waals surface area contributed by atoms with Gasteiger partial charge in [-0.15, -0.1) is 11.3 Å². The van der Waals surface area contributed by atoms with Gasteiger partial charge in [-0.2, -0.15) is 0 Å². The van der Waals surface area contributed by atoms with Gasteiger partial charge in [0.05, 0.1) is 6.61 Å². The van der Waals surface area contributed by atoms with Crippen LogP contribution in [0.1, 0.15) is 40.5 Å². The third kappa shape index (κ3) is 2.74. The van der Waals surface area contributed by atoms with Gasteiger partial charge in [0, 0.05) is 23.0 Å². The average Bonchev–Trinajstić information content (AvgIpc) is 2.73. The number of benzene rings is 1. The molecule has 0 fully saturated rings. The van der Waals surface area contributed by atoms with Gasteiger partial charge >= 0.3 is 0 Å². The Balaban J connectivity index is 1.80. The molecule has 0 spiro atoms. The summed E-state index contributed by atoms with van der Waals surface area (Å²) in [7, 11) is 0. The molecular formula is C17H21NOS. The van der Waals surface area contributed by atoms with E-state index in [9.17, 15) is 0 Å². The Morgan fingerprint density at radius 3 is 2.95 bits per heavy atom. The molecule has 1 aliphatic heterocycles. The molecule has 1 aliphatic rings. The molecule has 2 heterocycles. The Morgan fingerprint density at radius 2 is 2.15 bits per heavy atom. The third-order valence-corrected chi connectivity index (χ3v) is 5.00. The number of para-hydroxylation sites is 1. The summed E-state index contributed by atoms with van der Waals surface area (Å²) >= 11 is 1.83. The molecule has 3 heteroatoms. The molecule has 1 atom stereocenters. The van der Waals surface area contributed by atoms with Crippen molar-refractivity contribution >= 4 is 11.3 Å². The van der Waals surface area contributed by atoms with E-state index < -0.39 is 0 Å². The summed E-state index contributed by atoms with van der Waals surface area (Å²) in [5, 5.41) is 5.89. The lowest BCUT2D eigenvalue weighted by atomic mass is 10.00. The number of hydrogen-bond acceptors (Lipinski definition) is 3. The van der Waals surface area contributed by atoms with Gasteiger partial charge in [-0.1, -0.05) is 18.2 Å². The summed E-state index contributed by atoms with van der Waals surface area (Å²) in [6.07, 6.45) is 2.25. The first-order valence-corrected chi connectivity index (χ1v) is 8.12. The topological polar surface area (TPSA) is 21.3 Å². The van der Waals surface area contributed by atoms with Crippen LogP contribution < -0.4 is 10.1 Å². The van der Waals surface area contributed by atoms with E-state index in [2.05, 4.69) is 48.8 Å². The van der Waals surface area contributed by atoms with Gasteiger partial charge in [-0.25, -0.2) is 0 Å². The van der Waals surface area contributed by atoms with E-state index in [0.29, 0.717) is 6.04 Å². The maximum absolute atomic E-state index is 5.93. The van der Waals surface area contributed by atoms with Crippen LogP contribution >= 0.6 is 11.3 Å². The highest BCUT2D eigenvalue weighted by atomic mass is 32.1. The SMILES string of the molecule is Cc1ccsc1CNC1CCCOc2c(C)cccc21. The van der Waals surface area contributed by atoms with E-state index in [4.69, 9.17) is 4.74 Å². The van der Waals surface area contributed by atoms with E-state index in [1.807, 2.05) is 11.3 Å². The van der Waals surface area contributed by atoms with Crippen molar-refractivity contribution in [2.24, 2.45) is 0 Å². The second-order valence-electron chi connectivity index (χ2n) is 5.44. The van der Waals surface area contributed by atoms with Crippen molar-refractivity contribution in [3.05, 3.63) is 51.2 Å². The molecule has 0 bridgehead atoms. The standard InChI is InChI=1S/C17H21NOS/c1-12-8-10-20-16(12)11-18-15-7-4-9-19-17-13(2)5-3-6-14(15)17/h3,5-6,8,10,15,18H,4,7,9,11H2,1-2H3. The monoisotopic (exact) mass is 287 g/mol. The minimum absolute atomic E-state index is 0.397. The summed E-state index contributed by atoms with van der Waals surface area (Å²) < 4.78 is 5.93. The summed E-state index contributed by atoms with van der Waals surface area (Å²) in [6, 6.07) is 9.05. The number of ether oxygens (including phenoxy) is 1. The van der Waals surface area contributed by atoms with Crippen molar-refractivity contribution in [1.82, 2.24) is 5.32 Å². The second kappa shape index (κ2) is 5.98. The number of rotatable bonds is 3. The lowest BCUT2D eigenvalue weighted by molar-refractivity contribution is 0.313. The zero-order valence-electron chi connectivity index (χ0n) is 12.1. The highest BCUT2D eigenvalue weighted by Crippen LogP contribution is 2.34. The predicted octanol–water partition coefficient (Wildman–Crippen LogP) is 4.37. The quantitative estimate of drug-likeness (QED) is 0.905. The van der Waals surface area contributed by atoms with Crippen LogP contribution in [0.4, 0.5) is 0 Å². The van der Waals surface area contributed by atoms with Gasteiger partial charge in [0.1, 0.15) is 5.75 Å². The van der Waals surface area contributed by atoms with Gasteiger partial charge in [-0.05, 0) is 49.3 Å². The Kier molecular flexibility index (Phi) is 4.08. The molecule has 0 radical (unpaired) electrons. The number of fused-ring (bicyclic) bond motifs is 1. The maximum atomic E-state index is 5.93. The van der Waals surface area contributed by atoms with Gasteiger partial charge in [-0.3, -0.25) is 0 Å². The fourth-order valence-corrected chi connectivity index (χ4v) is 3.63. The Labute approximate surface area is 124 Å². The van der Waals surface area contributed by atoms with E-state index >= 15 is 0 Å². The van der Waals surface area contributed by atoms with Crippen LogP contribution in [0.3, 0.4) is 0 Å². The summed E-state index contributed by atoms with van der Waals surface area (Å²) in [6.45, 7) is 6.09. The van der Waals surface area contributed by atoms with Gasteiger partial charge in [0.2, 0.25) is 0 Å². The van der Waals surface area contributed by atoms with Crippen LogP contribution in [0.5, 0.6) is 5.75 Å². The fourth-order valence-electron chi connectivity index (χ4n) is 2.78. The van der Waals surface area contributed by atoms with E-state index in [0.717, 1.165) is 31.7 Å². The first kappa shape index (κ1) is 13.7. The molecule has 2 nitrogen and oxygen atoms in total. The first-order valence-electron chi connectivity index (χ1n) is 7.24. The molecule has 1 N–H and O–H groups in total. The zero-order chi connectivity index (χ0) is 13.9. The van der Waals surface area contributed by atoms with Crippen LogP contribution in [0.15, 0.2) is 29.6 Å². The van der Waals surface area contributed by atoms with E-state index in [1.165, 1.54) is 21.6 Å². The molecule has 0 aliphatic carbocycles. The predicted molar refractivity (Wildman–Crippen MR) is 84.5 cm³/mol. The number of aryl methyl sites for hydroxylation is 2. The summed E-state index contributed by atoms with van der Waals surface area (Å²) in [5.74, 6) is 1.09. The van der Waals surface area contributed by atoms with Crippen LogP contribution in [0.2, 0.25) is 0 Å². The molecule has 0 saturated heterocycles. The third-order valence-electron chi connectivity index (χ3n) is 3.98. The number of nitrogens with one attached hydrogen (secondary N) is 1. The molecule has 1 aromatic carbocycles.